The standard InChI is InChI=1S/C8H8ClNO.C8H9NO3S/c1-5-4-6(9)2-3-7(5)8(10)11;1-7-3-2-4-8(9-7)5-6-13(10,11)12/h2-4H,1H3,(H2,10,11);2-6H,1H3,(H,10,11,12)/b;6-5+. The van der Waals surface area contributed by atoms with Crippen LogP contribution < -0.4 is 5.73 Å². The summed E-state index contributed by atoms with van der Waals surface area (Å²) < 4.78 is 29.1. The molecule has 6 nitrogen and oxygen atoms in total. The largest absolute Gasteiger partial charge is 0.366 e. The Morgan fingerprint density at radius 3 is 2.42 bits per heavy atom. The molecule has 0 aliphatic heterocycles. The predicted molar refractivity (Wildman–Crippen MR) is 94.3 cm³/mol. The van der Waals surface area contributed by atoms with Crippen molar-refractivity contribution in [3.05, 3.63) is 69.3 Å². The highest BCUT2D eigenvalue weighted by atomic mass is 35.5. The average molecular weight is 369 g/mol. The summed E-state index contributed by atoms with van der Waals surface area (Å²) in [6.45, 7) is 3.59. The Bertz CT molecular complexity index is 864. The zero-order valence-electron chi connectivity index (χ0n) is 13.1. The van der Waals surface area contributed by atoms with Gasteiger partial charge in [0.25, 0.3) is 10.1 Å². The molecule has 3 N–H and O–H groups in total. The summed E-state index contributed by atoms with van der Waals surface area (Å²) in [4.78, 5) is 14.7. The maximum absolute atomic E-state index is 10.7. The van der Waals surface area contributed by atoms with Crippen molar-refractivity contribution in [3.8, 4) is 0 Å². The number of hydrogen-bond acceptors (Lipinski definition) is 4. The van der Waals surface area contributed by atoms with Gasteiger partial charge >= 0.3 is 0 Å². The first-order valence-electron chi connectivity index (χ1n) is 6.73. The van der Waals surface area contributed by atoms with E-state index in [1.165, 1.54) is 6.08 Å². The van der Waals surface area contributed by atoms with Crippen LogP contribution in [-0.4, -0.2) is 23.9 Å². The maximum atomic E-state index is 10.7. The van der Waals surface area contributed by atoms with E-state index in [-0.39, 0.29) is 0 Å². The van der Waals surface area contributed by atoms with Crippen molar-refractivity contribution in [2.24, 2.45) is 5.73 Å². The number of primary amides is 1. The number of rotatable bonds is 3. The fourth-order valence-electron chi connectivity index (χ4n) is 1.72. The summed E-state index contributed by atoms with van der Waals surface area (Å²) in [5, 5.41) is 1.32. The number of aryl methyl sites for hydroxylation is 2. The topological polar surface area (TPSA) is 110 Å². The van der Waals surface area contributed by atoms with Gasteiger partial charge in [0.15, 0.2) is 0 Å². The first-order valence-corrected chi connectivity index (χ1v) is 8.62. The molecule has 1 aromatic heterocycles. The van der Waals surface area contributed by atoms with E-state index >= 15 is 0 Å². The Labute approximate surface area is 145 Å². The molecule has 0 bridgehead atoms. The van der Waals surface area contributed by atoms with Gasteiger partial charge < -0.3 is 5.73 Å². The average Bonchev–Trinajstić information content (AvgIpc) is 2.45. The number of benzene rings is 1. The smallest absolute Gasteiger partial charge is 0.287 e. The normalized spacial score (nSPS) is 11.0. The number of hydrogen-bond donors (Lipinski definition) is 2. The fourth-order valence-corrected chi connectivity index (χ4v) is 2.25. The summed E-state index contributed by atoms with van der Waals surface area (Å²) in [6.07, 6.45) is 1.24. The van der Waals surface area contributed by atoms with Crippen molar-refractivity contribution in [1.82, 2.24) is 4.98 Å². The first-order chi connectivity index (χ1) is 11.1. The highest BCUT2D eigenvalue weighted by molar-refractivity contribution is 7.88. The van der Waals surface area contributed by atoms with Crippen molar-refractivity contribution >= 4 is 33.7 Å². The van der Waals surface area contributed by atoms with E-state index in [0.717, 1.165) is 11.3 Å². The second-order valence-corrected chi connectivity index (χ2v) is 6.58. The Balaban J connectivity index is 0.000000243. The van der Waals surface area contributed by atoms with Gasteiger partial charge in [-0.05, 0) is 55.8 Å². The molecule has 0 spiro atoms. The summed E-state index contributed by atoms with van der Waals surface area (Å²) in [5.41, 5.74) is 7.70. The van der Waals surface area contributed by atoms with E-state index in [0.29, 0.717) is 21.7 Å². The van der Waals surface area contributed by atoms with E-state index in [1.54, 1.807) is 50.2 Å². The summed E-state index contributed by atoms with van der Waals surface area (Å²) >= 11 is 5.67. The highest BCUT2D eigenvalue weighted by Gasteiger charge is 2.03. The Hall–Kier alpha value is -2.22. The molecule has 0 radical (unpaired) electrons. The second kappa shape index (κ2) is 8.58. The zero-order chi connectivity index (χ0) is 18.3. The minimum Gasteiger partial charge on any atom is -0.366 e. The highest BCUT2D eigenvalue weighted by Crippen LogP contribution is 2.14. The molecule has 8 heteroatoms. The van der Waals surface area contributed by atoms with Crippen LogP contribution in [0.25, 0.3) is 6.08 Å². The molecule has 2 rings (SSSR count). The predicted octanol–water partition coefficient (Wildman–Crippen LogP) is 3.00. The molecule has 1 heterocycles. The van der Waals surface area contributed by atoms with Crippen molar-refractivity contribution in [1.29, 1.82) is 0 Å². The zero-order valence-corrected chi connectivity index (χ0v) is 14.7. The number of carbonyl (C=O) groups excluding carboxylic acids is 1. The van der Waals surface area contributed by atoms with Crippen LogP contribution in [0.3, 0.4) is 0 Å². The molecule has 0 atom stereocenters. The second-order valence-electron chi connectivity index (χ2n) is 4.85. The molecule has 0 saturated carbocycles. The van der Waals surface area contributed by atoms with Crippen LogP contribution in [0.1, 0.15) is 27.3 Å². The van der Waals surface area contributed by atoms with Gasteiger partial charge in [0.2, 0.25) is 5.91 Å². The summed E-state index contributed by atoms with van der Waals surface area (Å²) in [6, 6.07) is 10.2. The van der Waals surface area contributed by atoms with Crippen molar-refractivity contribution in [2.45, 2.75) is 13.8 Å². The number of halogens is 1. The van der Waals surface area contributed by atoms with Crippen LogP contribution in [0.15, 0.2) is 41.8 Å². The third-order valence-electron chi connectivity index (χ3n) is 2.77. The Morgan fingerprint density at radius 1 is 1.25 bits per heavy atom. The van der Waals surface area contributed by atoms with E-state index in [2.05, 4.69) is 4.98 Å². The molecule has 1 amide bonds. The molecule has 2 aromatic rings. The molecule has 128 valence electrons. The van der Waals surface area contributed by atoms with Gasteiger partial charge in [-0.3, -0.25) is 14.3 Å². The molecule has 1 aromatic carbocycles. The summed E-state index contributed by atoms with van der Waals surface area (Å²) in [7, 11) is -4.06. The fraction of sp³-hybridized carbons (Fsp3) is 0.125. The molecule has 0 saturated heterocycles. The number of nitrogens with two attached hydrogens (primary N) is 1. The van der Waals surface area contributed by atoms with Gasteiger partial charge in [-0.15, -0.1) is 0 Å². The lowest BCUT2D eigenvalue weighted by atomic mass is 10.1. The lowest BCUT2D eigenvalue weighted by molar-refractivity contribution is 0.0999. The SMILES string of the molecule is Cc1cc(Cl)ccc1C(N)=O.Cc1cccc(/C=C/S(=O)(=O)O)n1. The molecule has 0 aliphatic carbocycles. The van der Waals surface area contributed by atoms with Crippen LogP contribution in [0, 0.1) is 13.8 Å². The van der Waals surface area contributed by atoms with Crippen LogP contribution >= 0.6 is 11.6 Å². The number of nitrogens with zero attached hydrogens (tertiary/aromatic N) is 1. The minimum atomic E-state index is -4.06. The summed E-state index contributed by atoms with van der Waals surface area (Å²) in [5.74, 6) is -0.417. The van der Waals surface area contributed by atoms with Crippen molar-refractivity contribution in [2.75, 3.05) is 0 Å². The van der Waals surface area contributed by atoms with Crippen molar-refractivity contribution < 1.29 is 17.8 Å². The third-order valence-corrected chi connectivity index (χ3v) is 3.49. The maximum Gasteiger partial charge on any atom is 0.287 e. The molecular weight excluding hydrogens is 352 g/mol. The van der Waals surface area contributed by atoms with Gasteiger partial charge in [0, 0.05) is 16.3 Å². The quantitative estimate of drug-likeness (QED) is 0.809. The molecule has 0 fully saturated rings. The van der Waals surface area contributed by atoms with Crippen LogP contribution in [0.4, 0.5) is 0 Å². The van der Waals surface area contributed by atoms with E-state index in [9.17, 15) is 13.2 Å². The Morgan fingerprint density at radius 2 is 1.92 bits per heavy atom. The number of aromatic nitrogens is 1. The number of pyridine rings is 1. The van der Waals surface area contributed by atoms with Crippen LogP contribution in [0.5, 0.6) is 0 Å². The van der Waals surface area contributed by atoms with Gasteiger partial charge in [0.1, 0.15) is 0 Å². The lowest BCUT2D eigenvalue weighted by Gasteiger charge is -1.99. The van der Waals surface area contributed by atoms with E-state index in [4.69, 9.17) is 21.9 Å². The van der Waals surface area contributed by atoms with E-state index in [1.807, 2.05) is 0 Å². The minimum absolute atomic E-state index is 0.417. The third kappa shape index (κ3) is 7.36. The number of amides is 1. The van der Waals surface area contributed by atoms with Gasteiger partial charge in [-0.25, -0.2) is 0 Å². The molecule has 0 unspecified atom stereocenters. The van der Waals surface area contributed by atoms with E-state index < -0.39 is 16.0 Å². The van der Waals surface area contributed by atoms with Crippen LogP contribution in [0.2, 0.25) is 5.02 Å². The van der Waals surface area contributed by atoms with Crippen LogP contribution in [-0.2, 0) is 10.1 Å². The first kappa shape index (κ1) is 19.8. The monoisotopic (exact) mass is 368 g/mol. The van der Waals surface area contributed by atoms with Gasteiger partial charge in [0.05, 0.1) is 11.1 Å². The molecule has 24 heavy (non-hydrogen) atoms. The molecular formula is C16H17ClN2O4S. The molecule has 0 aliphatic rings. The number of carbonyl (C=O) groups is 1. The van der Waals surface area contributed by atoms with Crippen molar-refractivity contribution in [3.63, 3.8) is 0 Å². The van der Waals surface area contributed by atoms with Gasteiger partial charge in [-0.2, -0.15) is 8.42 Å². The Kier molecular flexibility index (Phi) is 7.09. The van der Waals surface area contributed by atoms with Gasteiger partial charge in [-0.1, -0.05) is 17.7 Å². The lowest BCUT2D eigenvalue weighted by Crippen LogP contribution is -2.12.